The molecule has 0 fully saturated rings. The van der Waals surface area contributed by atoms with E-state index in [1.54, 1.807) is 25.4 Å². The number of methoxy groups -OCH3 is 1. The molecule has 1 heterocycles. The van der Waals surface area contributed by atoms with E-state index in [9.17, 15) is 5.11 Å². The molecular formula is C20H29N3O3S. The van der Waals surface area contributed by atoms with E-state index >= 15 is 0 Å². The van der Waals surface area contributed by atoms with Crippen LogP contribution in [0, 0.1) is 0 Å². The van der Waals surface area contributed by atoms with E-state index < -0.39 is 5.60 Å². The predicted molar refractivity (Wildman–Crippen MR) is 111 cm³/mol. The largest absolute Gasteiger partial charge is 0.497 e. The fourth-order valence-corrected chi connectivity index (χ4v) is 3.18. The Morgan fingerprint density at radius 1 is 1.26 bits per heavy atom. The molecule has 0 saturated heterocycles. The van der Waals surface area contributed by atoms with Gasteiger partial charge in [-0.25, -0.2) is 4.99 Å². The molecule has 3 N–H and O–H groups in total. The van der Waals surface area contributed by atoms with Gasteiger partial charge < -0.3 is 25.2 Å². The number of guanidine groups is 1. The van der Waals surface area contributed by atoms with Crippen LogP contribution < -0.4 is 20.1 Å². The van der Waals surface area contributed by atoms with Crippen molar-refractivity contribution in [1.82, 2.24) is 10.6 Å². The fourth-order valence-electron chi connectivity index (χ4n) is 2.40. The van der Waals surface area contributed by atoms with Gasteiger partial charge >= 0.3 is 0 Å². The highest BCUT2D eigenvalue weighted by Crippen LogP contribution is 2.23. The summed E-state index contributed by atoms with van der Waals surface area (Å²) in [6, 6.07) is 9.50. The summed E-state index contributed by atoms with van der Waals surface area (Å²) in [5, 5.41) is 21.0. The molecule has 148 valence electrons. The summed E-state index contributed by atoms with van der Waals surface area (Å²) >= 11 is 1.57. The fraction of sp³-hybridized carbons (Fsp3) is 0.450. The molecule has 1 unspecified atom stereocenters. The Morgan fingerprint density at radius 2 is 2.07 bits per heavy atom. The lowest BCUT2D eigenvalue weighted by molar-refractivity contribution is 0.0677. The van der Waals surface area contributed by atoms with Crippen molar-refractivity contribution >= 4 is 17.3 Å². The molecule has 0 spiro atoms. The van der Waals surface area contributed by atoms with Crippen molar-refractivity contribution in [3.63, 3.8) is 0 Å². The highest BCUT2D eigenvalue weighted by Gasteiger charge is 2.23. The van der Waals surface area contributed by atoms with E-state index in [-0.39, 0.29) is 0 Å². The smallest absolute Gasteiger partial charge is 0.191 e. The lowest BCUT2D eigenvalue weighted by Gasteiger charge is -2.21. The highest BCUT2D eigenvalue weighted by molar-refractivity contribution is 7.08. The van der Waals surface area contributed by atoms with E-state index in [1.807, 2.05) is 48.0 Å². The van der Waals surface area contributed by atoms with Gasteiger partial charge in [0.25, 0.3) is 0 Å². The van der Waals surface area contributed by atoms with Crippen molar-refractivity contribution in [3.8, 4) is 11.5 Å². The maximum absolute atomic E-state index is 10.6. The van der Waals surface area contributed by atoms with Crippen molar-refractivity contribution in [2.24, 2.45) is 4.99 Å². The number of thiophene rings is 1. The van der Waals surface area contributed by atoms with Crippen LogP contribution in [-0.2, 0) is 5.60 Å². The molecular weight excluding hydrogens is 362 g/mol. The standard InChI is InChI=1S/C20H29N3O3S/c1-4-21-19(23-15-20(2,24)16-9-12-27-14-16)22-10-6-11-26-18-8-5-7-17(13-18)25-3/h5,7-9,12-14,24H,4,6,10-11,15H2,1-3H3,(H2,21,22,23). The Bertz CT molecular complexity index is 702. The van der Waals surface area contributed by atoms with E-state index in [4.69, 9.17) is 9.47 Å². The zero-order valence-corrected chi connectivity index (χ0v) is 17.0. The Balaban J connectivity index is 1.76. The van der Waals surface area contributed by atoms with E-state index in [0.29, 0.717) is 19.1 Å². The second kappa shape index (κ2) is 10.8. The summed E-state index contributed by atoms with van der Waals surface area (Å²) in [5.74, 6) is 2.26. The molecule has 0 bridgehead atoms. The molecule has 1 aromatic heterocycles. The first-order valence-electron chi connectivity index (χ1n) is 9.09. The predicted octanol–water partition coefficient (Wildman–Crippen LogP) is 2.99. The van der Waals surface area contributed by atoms with Gasteiger partial charge in [0, 0.05) is 19.2 Å². The van der Waals surface area contributed by atoms with Crippen LogP contribution in [0.3, 0.4) is 0 Å². The first-order valence-corrected chi connectivity index (χ1v) is 10.0. The summed E-state index contributed by atoms with van der Waals surface area (Å²) in [7, 11) is 1.64. The molecule has 1 aromatic carbocycles. The van der Waals surface area contributed by atoms with Gasteiger partial charge in [-0.1, -0.05) is 6.07 Å². The molecule has 6 nitrogen and oxygen atoms in total. The summed E-state index contributed by atoms with van der Waals surface area (Å²) in [5.41, 5.74) is -0.0866. The number of rotatable bonds is 10. The Morgan fingerprint density at radius 3 is 2.78 bits per heavy atom. The molecule has 0 radical (unpaired) electrons. The van der Waals surface area contributed by atoms with Crippen molar-refractivity contribution in [3.05, 3.63) is 46.7 Å². The number of hydrogen-bond acceptors (Lipinski definition) is 5. The van der Waals surface area contributed by atoms with Crippen LogP contribution in [-0.4, -0.2) is 44.4 Å². The Kier molecular flexibility index (Phi) is 8.42. The zero-order chi connectivity index (χ0) is 19.5. The Hall–Kier alpha value is -2.25. The first kappa shape index (κ1) is 21.1. The van der Waals surface area contributed by atoms with Gasteiger partial charge in [-0.05, 0) is 54.8 Å². The molecule has 2 aromatic rings. The number of hydrogen-bond donors (Lipinski definition) is 3. The summed E-state index contributed by atoms with van der Waals surface area (Å²) < 4.78 is 10.9. The molecule has 0 saturated carbocycles. The lowest BCUT2D eigenvalue weighted by Crippen LogP contribution is -2.39. The van der Waals surface area contributed by atoms with Crippen LogP contribution in [0.5, 0.6) is 11.5 Å². The van der Waals surface area contributed by atoms with Crippen molar-refractivity contribution in [2.45, 2.75) is 25.9 Å². The van der Waals surface area contributed by atoms with Crippen LogP contribution >= 0.6 is 11.3 Å². The van der Waals surface area contributed by atoms with Crippen molar-refractivity contribution in [1.29, 1.82) is 0 Å². The third-order valence-corrected chi connectivity index (χ3v) is 4.64. The normalized spacial score (nSPS) is 13.7. The van der Waals surface area contributed by atoms with E-state index in [1.165, 1.54) is 0 Å². The van der Waals surface area contributed by atoms with Gasteiger partial charge in [-0.3, -0.25) is 0 Å². The second-order valence-electron chi connectivity index (χ2n) is 6.29. The van der Waals surface area contributed by atoms with Crippen LogP contribution in [0.4, 0.5) is 0 Å². The minimum absolute atomic E-state index is 0.291. The van der Waals surface area contributed by atoms with Crippen LogP contribution in [0.15, 0.2) is 46.1 Å². The molecule has 0 amide bonds. The van der Waals surface area contributed by atoms with Crippen LogP contribution in [0.2, 0.25) is 0 Å². The lowest BCUT2D eigenvalue weighted by atomic mass is 10.00. The summed E-state index contributed by atoms with van der Waals surface area (Å²) in [4.78, 5) is 4.51. The third kappa shape index (κ3) is 7.11. The van der Waals surface area contributed by atoms with Crippen LogP contribution in [0.25, 0.3) is 0 Å². The van der Waals surface area contributed by atoms with Gasteiger partial charge in [-0.2, -0.15) is 11.3 Å². The maximum Gasteiger partial charge on any atom is 0.191 e. The first-order chi connectivity index (χ1) is 13.0. The van der Waals surface area contributed by atoms with Gasteiger partial charge in [0.05, 0.1) is 20.3 Å². The average molecular weight is 392 g/mol. The minimum Gasteiger partial charge on any atom is -0.497 e. The summed E-state index contributed by atoms with van der Waals surface area (Å²) in [6.07, 6.45) is 0.822. The van der Waals surface area contributed by atoms with Gasteiger partial charge in [0.2, 0.25) is 0 Å². The zero-order valence-electron chi connectivity index (χ0n) is 16.2. The molecule has 2 rings (SSSR count). The Labute approximate surface area is 165 Å². The maximum atomic E-state index is 10.6. The summed E-state index contributed by atoms with van der Waals surface area (Å²) in [6.45, 7) is 6.15. The third-order valence-electron chi connectivity index (χ3n) is 3.96. The van der Waals surface area contributed by atoms with Gasteiger partial charge in [0.1, 0.15) is 17.1 Å². The molecule has 0 aliphatic rings. The van der Waals surface area contributed by atoms with Crippen molar-refractivity contribution < 1.29 is 14.6 Å². The van der Waals surface area contributed by atoms with Crippen molar-refractivity contribution in [2.75, 3.05) is 33.4 Å². The molecule has 0 aliphatic heterocycles. The van der Waals surface area contributed by atoms with Gasteiger partial charge in [0.15, 0.2) is 5.96 Å². The SMILES string of the molecule is CCNC(=NCC(C)(O)c1ccsc1)NCCCOc1cccc(OC)c1. The highest BCUT2D eigenvalue weighted by atomic mass is 32.1. The second-order valence-corrected chi connectivity index (χ2v) is 7.07. The quantitative estimate of drug-likeness (QED) is 0.330. The monoisotopic (exact) mass is 391 g/mol. The average Bonchev–Trinajstić information content (AvgIpc) is 3.22. The van der Waals surface area contributed by atoms with Crippen LogP contribution in [0.1, 0.15) is 25.8 Å². The van der Waals surface area contributed by atoms with Gasteiger partial charge in [-0.15, -0.1) is 0 Å². The minimum atomic E-state index is -0.974. The molecule has 7 heteroatoms. The number of nitrogens with one attached hydrogen (secondary N) is 2. The molecule has 0 aliphatic carbocycles. The molecule has 27 heavy (non-hydrogen) atoms. The topological polar surface area (TPSA) is 75.1 Å². The molecule has 1 atom stereocenters. The van der Waals surface area contributed by atoms with E-state index in [2.05, 4.69) is 15.6 Å². The number of nitrogens with zero attached hydrogens (tertiary/aromatic N) is 1. The number of benzene rings is 1. The number of aliphatic hydroxyl groups is 1. The number of aliphatic imine (C=N–C) groups is 1. The van der Waals surface area contributed by atoms with E-state index in [0.717, 1.165) is 36.6 Å². The number of ether oxygens (including phenoxy) is 2.